The van der Waals surface area contributed by atoms with Crippen LogP contribution >= 0.6 is 22.6 Å². The molecule has 0 fully saturated rings. The van der Waals surface area contributed by atoms with Crippen molar-refractivity contribution in [1.82, 2.24) is 0 Å². The van der Waals surface area contributed by atoms with Crippen molar-refractivity contribution in [2.75, 3.05) is 0 Å². The van der Waals surface area contributed by atoms with Crippen LogP contribution in [0.5, 0.6) is 0 Å². The van der Waals surface area contributed by atoms with E-state index in [1.54, 1.807) is 0 Å². The zero-order chi connectivity index (χ0) is 31.7. The quantitative estimate of drug-likeness (QED) is 0.0736. The van der Waals surface area contributed by atoms with Crippen molar-refractivity contribution in [1.29, 1.82) is 0 Å². The molecule has 23 heteroatoms. The molecule has 0 radical (unpaired) electrons. The van der Waals surface area contributed by atoms with Gasteiger partial charge in [-0.25, -0.2) is 19.1 Å². The SMILES string of the molecule is O=C(O)C(F)(F)C(F)(F)OC(F)(F)C(F)(F)CCCCC(I)CC(F)(F)C(F)(F)OC(F)(F)C(F)(F)C(=O)O. The minimum Gasteiger partial charge on any atom is -0.477 e. The van der Waals surface area contributed by atoms with E-state index in [9.17, 15) is 79.8 Å². The summed E-state index contributed by atoms with van der Waals surface area (Å²) >= 11 is 0.883. The van der Waals surface area contributed by atoms with E-state index < -0.39 is 96.1 Å². The average molecular weight is 732 g/mol. The zero-order valence-electron chi connectivity index (χ0n) is 18.1. The molecule has 2 N–H and O–H groups in total. The normalized spacial score (nSPS) is 15.8. The van der Waals surface area contributed by atoms with Gasteiger partial charge in [-0.05, 0) is 12.8 Å². The van der Waals surface area contributed by atoms with Gasteiger partial charge in [0.25, 0.3) is 0 Å². The van der Waals surface area contributed by atoms with Crippen LogP contribution in [0.2, 0.25) is 0 Å². The van der Waals surface area contributed by atoms with E-state index in [-0.39, 0.29) is 0 Å². The molecule has 0 saturated carbocycles. The van der Waals surface area contributed by atoms with Gasteiger partial charge >= 0.3 is 60.1 Å². The molecule has 1 unspecified atom stereocenters. The van der Waals surface area contributed by atoms with Crippen LogP contribution in [0.15, 0.2) is 0 Å². The monoisotopic (exact) mass is 732 g/mol. The van der Waals surface area contributed by atoms with Crippen molar-refractivity contribution in [3.05, 3.63) is 0 Å². The Kier molecular flexibility index (Phi) is 11.3. The molecule has 0 aromatic heterocycles. The van der Waals surface area contributed by atoms with Crippen LogP contribution < -0.4 is 0 Å². The summed E-state index contributed by atoms with van der Waals surface area (Å²) in [5.74, 6) is -31.6. The van der Waals surface area contributed by atoms with E-state index >= 15 is 0 Å². The number of hydrogen-bond donors (Lipinski definition) is 2. The highest BCUT2D eigenvalue weighted by Crippen LogP contribution is 2.49. The Bertz CT molecular complexity index is 881. The summed E-state index contributed by atoms with van der Waals surface area (Å²) in [5, 5.41) is 15.8. The van der Waals surface area contributed by atoms with Crippen molar-refractivity contribution in [3.63, 3.8) is 0 Å². The predicted molar refractivity (Wildman–Crippen MR) is 97.9 cm³/mol. The molecule has 0 aromatic rings. The fraction of sp³-hybridized carbons (Fsp3) is 0.875. The summed E-state index contributed by atoms with van der Waals surface area (Å²) in [6.45, 7) is 0. The molecule has 0 aliphatic rings. The van der Waals surface area contributed by atoms with Gasteiger partial charge in [0, 0.05) is 16.8 Å². The first kappa shape index (κ1) is 37.5. The van der Waals surface area contributed by atoms with Gasteiger partial charge in [-0.3, -0.25) is 0 Å². The van der Waals surface area contributed by atoms with Gasteiger partial charge in [0.05, 0.1) is 0 Å². The van der Waals surface area contributed by atoms with E-state index in [1.165, 1.54) is 0 Å². The second-order valence-corrected chi connectivity index (χ2v) is 9.25. The Morgan fingerprint density at radius 3 is 1.26 bits per heavy atom. The fourth-order valence-corrected chi connectivity index (χ4v) is 3.20. The first-order chi connectivity index (χ1) is 16.9. The number of hydrogen-bond acceptors (Lipinski definition) is 4. The molecule has 0 aliphatic heterocycles. The molecular formula is C16H13F16IO6. The third kappa shape index (κ3) is 8.48. The van der Waals surface area contributed by atoms with Gasteiger partial charge in [0.2, 0.25) is 0 Å². The molecule has 0 bridgehead atoms. The molecule has 0 saturated heterocycles. The third-order valence-corrected chi connectivity index (χ3v) is 5.43. The Morgan fingerprint density at radius 2 is 0.923 bits per heavy atom. The highest BCUT2D eigenvalue weighted by Gasteiger charge is 2.73. The largest absolute Gasteiger partial charge is 0.477 e. The van der Waals surface area contributed by atoms with Crippen molar-refractivity contribution in [3.8, 4) is 0 Å². The van der Waals surface area contributed by atoms with Gasteiger partial charge in [-0.1, -0.05) is 29.0 Å². The summed E-state index contributed by atoms with van der Waals surface area (Å²) in [5.41, 5.74) is 0. The Balaban J connectivity index is 5.18. The molecule has 0 aliphatic carbocycles. The van der Waals surface area contributed by atoms with Crippen LogP contribution in [0.25, 0.3) is 0 Å². The van der Waals surface area contributed by atoms with E-state index in [2.05, 4.69) is 9.47 Å². The Labute approximate surface area is 218 Å². The van der Waals surface area contributed by atoms with Gasteiger partial charge in [-0.15, -0.1) is 0 Å². The lowest BCUT2D eigenvalue weighted by Crippen LogP contribution is -2.56. The van der Waals surface area contributed by atoms with Crippen LogP contribution in [0.1, 0.15) is 32.1 Å². The summed E-state index contributed by atoms with van der Waals surface area (Å²) < 4.78 is 214. The van der Waals surface area contributed by atoms with Gasteiger partial charge in [-0.2, -0.15) is 70.2 Å². The number of unbranched alkanes of at least 4 members (excludes halogenated alkanes) is 1. The maximum Gasteiger partial charge on any atom is 0.435 e. The van der Waals surface area contributed by atoms with Crippen LogP contribution in [0, 0.1) is 0 Å². The number of carboxylic acid groups (broad SMARTS) is 2. The Hall–Kier alpha value is -1.53. The number of aliphatic carboxylic acids is 2. The van der Waals surface area contributed by atoms with Gasteiger partial charge < -0.3 is 10.2 Å². The van der Waals surface area contributed by atoms with Gasteiger partial charge in [0.15, 0.2) is 0 Å². The number of ether oxygens (including phenoxy) is 2. The first-order valence-corrected chi connectivity index (χ1v) is 10.7. The van der Waals surface area contributed by atoms with E-state index in [0.717, 1.165) is 22.6 Å². The highest BCUT2D eigenvalue weighted by molar-refractivity contribution is 14.1. The van der Waals surface area contributed by atoms with Crippen molar-refractivity contribution in [2.45, 2.75) is 84.2 Å². The summed E-state index contributed by atoms with van der Waals surface area (Å²) in [4.78, 5) is 20.1. The fourth-order valence-electron chi connectivity index (χ4n) is 2.21. The molecule has 232 valence electrons. The van der Waals surface area contributed by atoms with E-state index in [0.29, 0.717) is 0 Å². The molecule has 0 rings (SSSR count). The number of halogens is 17. The smallest absolute Gasteiger partial charge is 0.435 e. The minimum atomic E-state index is -6.66. The molecule has 0 spiro atoms. The number of carbonyl (C=O) groups is 2. The molecular weight excluding hydrogens is 719 g/mol. The van der Waals surface area contributed by atoms with Crippen LogP contribution in [-0.4, -0.2) is 74.2 Å². The molecule has 0 heterocycles. The summed E-state index contributed by atoms with van der Waals surface area (Å²) in [6.07, 6.45) is -33.7. The molecule has 39 heavy (non-hydrogen) atoms. The van der Waals surface area contributed by atoms with Crippen LogP contribution in [0.4, 0.5) is 70.2 Å². The van der Waals surface area contributed by atoms with Crippen molar-refractivity contribution in [2.24, 2.45) is 0 Å². The number of rotatable bonds is 17. The molecule has 0 aromatic carbocycles. The lowest BCUT2D eigenvalue weighted by atomic mass is 10.0. The average Bonchev–Trinajstić information content (AvgIpc) is 2.68. The zero-order valence-corrected chi connectivity index (χ0v) is 20.2. The Morgan fingerprint density at radius 1 is 0.590 bits per heavy atom. The standard InChI is InChI=1S/C16H13F16IO6/c17-9(18,13(25,26)38-15(29,30)11(21,22)7(34)35)4-2-1-3-6(33)5-10(19,20)14(27,28)39-16(31,32)12(23,24)8(36)37/h6H,1-5H2,(H,34,35)(H,36,37). The summed E-state index contributed by atoms with van der Waals surface area (Å²) in [6, 6.07) is 0. The topological polar surface area (TPSA) is 93.1 Å². The van der Waals surface area contributed by atoms with Crippen molar-refractivity contribution >= 4 is 34.5 Å². The second kappa shape index (κ2) is 11.8. The van der Waals surface area contributed by atoms with Gasteiger partial charge in [0.1, 0.15) is 0 Å². The first-order valence-electron chi connectivity index (χ1n) is 9.44. The predicted octanol–water partition coefficient (Wildman–Crippen LogP) is 6.86. The number of alkyl halides is 17. The van der Waals surface area contributed by atoms with Crippen molar-refractivity contribution < 1.29 is 99.5 Å². The number of carboxylic acids is 2. The molecule has 6 nitrogen and oxygen atoms in total. The molecule has 1 atom stereocenters. The van der Waals surface area contributed by atoms with Crippen LogP contribution in [-0.2, 0) is 19.1 Å². The highest BCUT2D eigenvalue weighted by atomic mass is 127. The van der Waals surface area contributed by atoms with Crippen LogP contribution in [0.3, 0.4) is 0 Å². The second-order valence-electron chi connectivity index (χ2n) is 7.49. The summed E-state index contributed by atoms with van der Waals surface area (Å²) in [7, 11) is 0. The maximum atomic E-state index is 13.7. The third-order valence-electron chi connectivity index (χ3n) is 4.37. The maximum absolute atomic E-state index is 13.7. The minimum absolute atomic E-state index is 0.883. The van der Waals surface area contributed by atoms with E-state index in [1.807, 2.05) is 0 Å². The lowest BCUT2D eigenvalue weighted by Gasteiger charge is -2.32. The molecule has 0 amide bonds. The van der Waals surface area contributed by atoms with E-state index in [4.69, 9.17) is 10.2 Å². The lowest BCUT2D eigenvalue weighted by molar-refractivity contribution is -0.462.